The van der Waals surface area contributed by atoms with E-state index < -0.39 is 0 Å². The lowest BCUT2D eigenvalue weighted by Gasteiger charge is -2.13. The zero-order valence-corrected chi connectivity index (χ0v) is 31.5. The van der Waals surface area contributed by atoms with E-state index in [4.69, 9.17) is 18.9 Å². The van der Waals surface area contributed by atoms with E-state index in [0.29, 0.717) is 36.3 Å². The molecule has 0 aliphatic rings. The number of rotatable bonds is 10. The maximum Gasteiger partial charge on any atom is 0.355 e. The predicted octanol–water partition coefficient (Wildman–Crippen LogP) is 8.67. The van der Waals surface area contributed by atoms with Crippen LogP contribution < -0.4 is 9.47 Å². The minimum Gasteiger partial charge on any atom is -0.481 e. The molecule has 2 aromatic carbocycles. The van der Waals surface area contributed by atoms with Gasteiger partial charge in [0.25, 0.3) is 0 Å². The quantitative estimate of drug-likeness (QED) is 0.138. The molecule has 5 aromatic heterocycles. The van der Waals surface area contributed by atoms with Crippen LogP contribution in [0.5, 0.6) is 11.8 Å². The Labute approximate surface area is 313 Å². The van der Waals surface area contributed by atoms with Crippen molar-refractivity contribution in [2.75, 3.05) is 27.4 Å². The number of hydrogen-bond acceptors (Lipinski definition) is 9. The van der Waals surface area contributed by atoms with Crippen LogP contribution in [0.4, 0.5) is 0 Å². The Morgan fingerprint density at radius 1 is 0.685 bits per heavy atom. The average Bonchev–Trinajstić information content (AvgIpc) is 3.70. The molecule has 0 amide bonds. The summed E-state index contributed by atoms with van der Waals surface area (Å²) in [6.07, 6.45) is 5.12. The monoisotopic (exact) mass is 725 g/mol. The summed E-state index contributed by atoms with van der Waals surface area (Å²) in [7, 11) is 3.15. The van der Waals surface area contributed by atoms with Gasteiger partial charge in [-0.25, -0.2) is 19.6 Å². The molecule has 0 saturated heterocycles. The summed E-state index contributed by atoms with van der Waals surface area (Å²) in [6.45, 7) is 10.7. The second-order valence-electron chi connectivity index (χ2n) is 12.6. The van der Waals surface area contributed by atoms with Crippen LogP contribution in [0, 0.1) is 20.8 Å². The van der Waals surface area contributed by atoms with E-state index in [2.05, 4.69) is 32.1 Å². The predicted molar refractivity (Wildman–Crippen MR) is 209 cm³/mol. The highest BCUT2D eigenvalue weighted by atomic mass is 16.5. The van der Waals surface area contributed by atoms with E-state index >= 15 is 0 Å². The number of carbonyl (C=O) groups is 2. The summed E-state index contributed by atoms with van der Waals surface area (Å²) in [5, 5.41) is 1.90. The number of carbonyl (C=O) groups excluding carboxylic acids is 2. The lowest BCUT2D eigenvalue weighted by atomic mass is 10.0. The molecule has 11 nitrogen and oxygen atoms in total. The number of pyridine rings is 3. The Kier molecular flexibility index (Phi) is 11.4. The van der Waals surface area contributed by atoms with E-state index in [1.807, 2.05) is 92.9 Å². The van der Waals surface area contributed by atoms with Crippen molar-refractivity contribution in [3.8, 4) is 34.0 Å². The van der Waals surface area contributed by atoms with Crippen molar-refractivity contribution in [1.29, 1.82) is 0 Å². The van der Waals surface area contributed by atoms with Gasteiger partial charge in [-0.2, -0.15) is 0 Å². The first-order valence-electron chi connectivity index (χ1n) is 17.7. The summed E-state index contributed by atoms with van der Waals surface area (Å²) in [5.41, 5.74) is 9.96. The molecule has 0 spiro atoms. The first-order chi connectivity index (χ1) is 26.2. The number of aromatic nitrogens is 5. The third kappa shape index (κ3) is 7.52. The normalized spacial score (nSPS) is 10.9. The van der Waals surface area contributed by atoms with Crippen molar-refractivity contribution in [3.05, 3.63) is 125 Å². The molecule has 7 aromatic rings. The van der Waals surface area contributed by atoms with Gasteiger partial charge >= 0.3 is 11.9 Å². The number of hydrogen-bond donors (Lipinski definition) is 1. The summed E-state index contributed by atoms with van der Waals surface area (Å²) in [4.78, 5) is 41.7. The van der Waals surface area contributed by atoms with Crippen LogP contribution in [0.2, 0.25) is 0 Å². The molecule has 0 saturated carbocycles. The molecule has 0 unspecified atom stereocenters. The van der Waals surface area contributed by atoms with Crippen LogP contribution >= 0.6 is 0 Å². The van der Waals surface area contributed by atoms with Gasteiger partial charge < -0.3 is 28.5 Å². The van der Waals surface area contributed by atoms with Crippen LogP contribution in [0.3, 0.4) is 0 Å². The highest BCUT2D eigenvalue weighted by molar-refractivity contribution is 6.10. The summed E-state index contributed by atoms with van der Waals surface area (Å²) >= 11 is 0. The highest BCUT2D eigenvalue weighted by Crippen LogP contribution is 2.40. The van der Waals surface area contributed by atoms with Gasteiger partial charge in [-0.15, -0.1) is 0 Å². The van der Waals surface area contributed by atoms with E-state index in [1.54, 1.807) is 39.7 Å². The van der Waals surface area contributed by atoms with Gasteiger partial charge in [0.1, 0.15) is 11.4 Å². The van der Waals surface area contributed by atoms with Crippen LogP contribution in [0.25, 0.3) is 44.1 Å². The lowest BCUT2D eigenvalue weighted by molar-refractivity contribution is 0.0509. The van der Waals surface area contributed by atoms with Crippen molar-refractivity contribution < 1.29 is 28.5 Å². The van der Waals surface area contributed by atoms with Crippen LogP contribution in [-0.4, -0.2) is 63.9 Å². The molecule has 0 fully saturated rings. The van der Waals surface area contributed by atoms with Gasteiger partial charge in [-0.3, -0.25) is 4.98 Å². The van der Waals surface area contributed by atoms with Gasteiger partial charge in [-0.05, 0) is 101 Å². The van der Waals surface area contributed by atoms with Crippen molar-refractivity contribution in [2.24, 2.45) is 0 Å². The van der Waals surface area contributed by atoms with E-state index in [1.165, 1.54) is 0 Å². The van der Waals surface area contributed by atoms with Gasteiger partial charge in [-0.1, -0.05) is 23.3 Å². The van der Waals surface area contributed by atoms with E-state index in [0.717, 1.165) is 66.4 Å². The Morgan fingerprint density at radius 2 is 1.30 bits per heavy atom. The van der Waals surface area contributed by atoms with Gasteiger partial charge in [0.15, 0.2) is 0 Å². The average molecular weight is 726 g/mol. The first-order valence-corrected chi connectivity index (χ1v) is 17.7. The smallest absolute Gasteiger partial charge is 0.355 e. The molecular weight excluding hydrogens is 683 g/mol. The maximum absolute atomic E-state index is 13.3. The number of nitrogens with zero attached hydrogens (tertiary/aromatic N) is 4. The fraction of sp³-hybridized carbons (Fsp3) is 0.233. The van der Waals surface area contributed by atoms with Crippen molar-refractivity contribution in [3.63, 3.8) is 0 Å². The van der Waals surface area contributed by atoms with Crippen molar-refractivity contribution >= 4 is 33.7 Å². The van der Waals surface area contributed by atoms with Crippen molar-refractivity contribution in [1.82, 2.24) is 24.5 Å². The zero-order chi connectivity index (χ0) is 38.4. The molecule has 54 heavy (non-hydrogen) atoms. The second-order valence-corrected chi connectivity index (χ2v) is 12.6. The van der Waals surface area contributed by atoms with Crippen LogP contribution in [-0.2, 0) is 16.0 Å². The van der Waals surface area contributed by atoms with E-state index in [-0.39, 0.29) is 18.5 Å². The SMILES string of the molecule is CCOC(=O)c1[nH]c2ccc(C)cc2c1-c1cccnc1OC.CCOC(=O)c1c(-c2cccnc2OC)c2cc(C)ccc2n1Cc1ccnc(C)c1. The van der Waals surface area contributed by atoms with Crippen LogP contribution in [0.15, 0.2) is 91.4 Å². The standard InChI is InChI=1S/C25H25N3O3.C18H18N2O3/c1-5-31-25(29)23-22(19-7-6-11-27-24(19)30-4)20-13-16(2)8-9-21(20)28(23)15-18-10-12-26-17(3)14-18;1-4-23-18(21)16-15(12-6-5-9-19-17(12)22-3)13-10-11(2)7-8-14(13)20-16/h6-14H,5,15H2,1-4H3;5-10,20H,4H2,1-3H3. The third-order valence-electron chi connectivity index (χ3n) is 8.89. The number of H-pyrrole nitrogens is 1. The fourth-order valence-electron chi connectivity index (χ4n) is 6.63. The Bertz CT molecular complexity index is 2470. The van der Waals surface area contributed by atoms with E-state index in [9.17, 15) is 9.59 Å². The van der Waals surface area contributed by atoms with Crippen molar-refractivity contribution in [2.45, 2.75) is 41.2 Å². The number of methoxy groups -OCH3 is 2. The summed E-state index contributed by atoms with van der Waals surface area (Å²) in [5.74, 6) is 0.180. The number of ether oxygens (including phenoxy) is 4. The van der Waals surface area contributed by atoms with Crippen LogP contribution in [0.1, 0.15) is 57.2 Å². The van der Waals surface area contributed by atoms with Gasteiger partial charge in [0.05, 0.1) is 27.4 Å². The molecule has 0 aliphatic heterocycles. The molecule has 0 atom stereocenters. The molecule has 0 bridgehead atoms. The Morgan fingerprint density at radius 3 is 1.93 bits per heavy atom. The topological polar surface area (TPSA) is 130 Å². The number of esters is 2. The molecule has 0 aliphatic carbocycles. The molecule has 11 heteroatoms. The number of fused-ring (bicyclic) bond motifs is 2. The molecular formula is C43H43N5O6. The highest BCUT2D eigenvalue weighted by Gasteiger charge is 2.28. The zero-order valence-electron chi connectivity index (χ0n) is 31.5. The second kappa shape index (κ2) is 16.5. The minimum atomic E-state index is -0.387. The first kappa shape index (κ1) is 37.3. The lowest BCUT2D eigenvalue weighted by Crippen LogP contribution is -2.14. The third-order valence-corrected chi connectivity index (χ3v) is 8.89. The summed E-state index contributed by atoms with van der Waals surface area (Å²) in [6, 6.07) is 23.7. The molecule has 7 rings (SSSR count). The molecule has 5 heterocycles. The maximum atomic E-state index is 13.3. The molecule has 0 radical (unpaired) electrons. The molecule has 1 N–H and O–H groups in total. The Balaban J connectivity index is 0.000000193. The number of aromatic amines is 1. The number of nitrogens with one attached hydrogen (secondary N) is 1. The van der Waals surface area contributed by atoms with Gasteiger partial charge in [0.2, 0.25) is 11.8 Å². The summed E-state index contributed by atoms with van der Waals surface area (Å²) < 4.78 is 23.6. The fourth-order valence-corrected chi connectivity index (χ4v) is 6.63. The largest absolute Gasteiger partial charge is 0.481 e. The van der Waals surface area contributed by atoms with Gasteiger partial charge in [0, 0.05) is 74.9 Å². The minimum absolute atomic E-state index is 0.289. The molecule has 276 valence electrons. The Hall–Kier alpha value is -6.49. The number of benzene rings is 2. The number of aryl methyl sites for hydroxylation is 3.